The molecule has 0 bridgehead atoms. The highest BCUT2D eigenvalue weighted by Crippen LogP contribution is 2.38. The fraction of sp³-hybridized carbons (Fsp3) is 0.417. The topological polar surface area (TPSA) is 42.2 Å². The van der Waals surface area contributed by atoms with E-state index in [2.05, 4.69) is 11.5 Å². The van der Waals surface area contributed by atoms with Crippen LogP contribution < -0.4 is 0 Å². The fourth-order valence-electron chi connectivity index (χ4n) is 2.03. The second kappa shape index (κ2) is 3.57. The van der Waals surface area contributed by atoms with Crippen molar-refractivity contribution in [1.29, 1.82) is 0 Å². The SMILES string of the molecule is Cc1cc(/C=C/C(=O)O)c(C)n1C1CC1. The zero-order valence-electron chi connectivity index (χ0n) is 9.03. The number of carboxylic acids is 1. The van der Waals surface area contributed by atoms with Crippen LogP contribution in [0.15, 0.2) is 12.1 Å². The monoisotopic (exact) mass is 205 g/mol. The Balaban J connectivity index is 2.32. The zero-order valence-corrected chi connectivity index (χ0v) is 9.03. The molecule has 80 valence electrons. The maximum absolute atomic E-state index is 10.4. The van der Waals surface area contributed by atoms with Gasteiger partial charge in [-0.25, -0.2) is 4.79 Å². The molecule has 1 heterocycles. The highest BCUT2D eigenvalue weighted by Gasteiger charge is 2.26. The molecule has 0 amide bonds. The summed E-state index contributed by atoms with van der Waals surface area (Å²) in [6.07, 6.45) is 5.36. The van der Waals surface area contributed by atoms with Crippen molar-refractivity contribution in [2.45, 2.75) is 32.7 Å². The summed E-state index contributed by atoms with van der Waals surface area (Å²) < 4.78 is 2.31. The van der Waals surface area contributed by atoms with Gasteiger partial charge in [0, 0.05) is 23.5 Å². The second-order valence-corrected chi connectivity index (χ2v) is 4.10. The third kappa shape index (κ3) is 1.96. The number of aryl methyl sites for hydroxylation is 1. The van der Waals surface area contributed by atoms with E-state index in [0.29, 0.717) is 6.04 Å². The minimum atomic E-state index is -0.897. The van der Waals surface area contributed by atoms with E-state index < -0.39 is 5.97 Å². The number of hydrogen-bond donors (Lipinski definition) is 1. The van der Waals surface area contributed by atoms with Crippen LogP contribution in [0.5, 0.6) is 0 Å². The Morgan fingerprint density at radius 2 is 2.20 bits per heavy atom. The molecule has 0 spiro atoms. The lowest BCUT2D eigenvalue weighted by atomic mass is 10.2. The van der Waals surface area contributed by atoms with Gasteiger partial charge in [-0.3, -0.25) is 0 Å². The molecule has 3 nitrogen and oxygen atoms in total. The van der Waals surface area contributed by atoms with Gasteiger partial charge in [0.2, 0.25) is 0 Å². The number of aromatic nitrogens is 1. The quantitative estimate of drug-likeness (QED) is 0.770. The van der Waals surface area contributed by atoms with Crippen molar-refractivity contribution in [3.63, 3.8) is 0 Å². The van der Waals surface area contributed by atoms with E-state index in [-0.39, 0.29) is 0 Å². The maximum atomic E-state index is 10.4. The zero-order chi connectivity index (χ0) is 11.0. The molecular formula is C12H15NO2. The summed E-state index contributed by atoms with van der Waals surface area (Å²) in [4.78, 5) is 10.4. The summed E-state index contributed by atoms with van der Waals surface area (Å²) in [5.41, 5.74) is 3.41. The summed E-state index contributed by atoms with van der Waals surface area (Å²) in [7, 11) is 0. The normalized spacial score (nSPS) is 16.1. The van der Waals surface area contributed by atoms with Gasteiger partial charge in [0.15, 0.2) is 0 Å². The van der Waals surface area contributed by atoms with Gasteiger partial charge in [-0.05, 0) is 44.4 Å². The van der Waals surface area contributed by atoms with Gasteiger partial charge in [-0.2, -0.15) is 0 Å². The van der Waals surface area contributed by atoms with Gasteiger partial charge in [-0.1, -0.05) is 0 Å². The van der Waals surface area contributed by atoms with Crippen molar-refractivity contribution in [1.82, 2.24) is 4.57 Å². The Morgan fingerprint density at radius 1 is 1.53 bits per heavy atom. The molecule has 1 aromatic rings. The number of hydrogen-bond acceptors (Lipinski definition) is 1. The average molecular weight is 205 g/mol. The Kier molecular flexibility index (Phi) is 2.39. The lowest BCUT2D eigenvalue weighted by molar-refractivity contribution is -0.131. The molecule has 0 aromatic carbocycles. The molecule has 0 radical (unpaired) electrons. The van der Waals surface area contributed by atoms with Crippen molar-refractivity contribution in [3.8, 4) is 0 Å². The third-order valence-electron chi connectivity index (χ3n) is 2.84. The number of carboxylic acid groups (broad SMARTS) is 1. The first-order valence-corrected chi connectivity index (χ1v) is 5.19. The first kappa shape index (κ1) is 10.0. The molecule has 0 saturated heterocycles. The summed E-state index contributed by atoms with van der Waals surface area (Å²) in [5, 5.41) is 8.57. The predicted octanol–water partition coefficient (Wildman–Crippen LogP) is 2.54. The summed E-state index contributed by atoms with van der Waals surface area (Å²) in [6.45, 7) is 4.12. The van der Waals surface area contributed by atoms with Crippen LogP contribution in [0.4, 0.5) is 0 Å². The predicted molar refractivity (Wildman–Crippen MR) is 58.8 cm³/mol. The van der Waals surface area contributed by atoms with Crippen LogP contribution in [-0.2, 0) is 4.79 Å². The van der Waals surface area contributed by atoms with Crippen LogP contribution in [0.25, 0.3) is 6.08 Å². The standard InChI is InChI=1S/C12H15NO2/c1-8-7-10(3-6-12(14)15)9(2)13(8)11-4-5-11/h3,6-7,11H,4-5H2,1-2H3,(H,14,15)/b6-3+. The van der Waals surface area contributed by atoms with Crippen LogP contribution in [-0.4, -0.2) is 15.6 Å². The van der Waals surface area contributed by atoms with E-state index in [9.17, 15) is 4.79 Å². The molecule has 0 aliphatic heterocycles. The molecule has 1 fully saturated rings. The second-order valence-electron chi connectivity index (χ2n) is 4.10. The van der Waals surface area contributed by atoms with Gasteiger partial charge >= 0.3 is 5.97 Å². The van der Waals surface area contributed by atoms with E-state index in [4.69, 9.17) is 5.11 Å². The molecule has 15 heavy (non-hydrogen) atoms. The highest BCUT2D eigenvalue weighted by atomic mass is 16.4. The molecular weight excluding hydrogens is 190 g/mol. The average Bonchev–Trinajstić information content (AvgIpc) is 2.92. The van der Waals surface area contributed by atoms with Crippen molar-refractivity contribution >= 4 is 12.0 Å². The van der Waals surface area contributed by atoms with Crippen LogP contribution >= 0.6 is 0 Å². The van der Waals surface area contributed by atoms with Crippen molar-refractivity contribution in [3.05, 3.63) is 29.1 Å². The van der Waals surface area contributed by atoms with E-state index in [1.807, 2.05) is 13.0 Å². The molecule has 1 saturated carbocycles. The molecule has 1 aromatic heterocycles. The summed E-state index contributed by atoms with van der Waals surface area (Å²) >= 11 is 0. The lowest BCUT2D eigenvalue weighted by Gasteiger charge is -2.06. The molecule has 0 unspecified atom stereocenters. The van der Waals surface area contributed by atoms with E-state index in [1.165, 1.54) is 30.3 Å². The van der Waals surface area contributed by atoms with Crippen LogP contribution in [0.3, 0.4) is 0 Å². The minimum absolute atomic E-state index is 0.650. The Bertz CT molecular complexity index is 425. The largest absolute Gasteiger partial charge is 0.478 e. The fourth-order valence-corrected chi connectivity index (χ4v) is 2.03. The summed E-state index contributed by atoms with van der Waals surface area (Å²) in [6, 6.07) is 2.70. The van der Waals surface area contributed by atoms with Gasteiger partial charge in [0.05, 0.1) is 0 Å². The van der Waals surface area contributed by atoms with Crippen LogP contribution in [0.2, 0.25) is 0 Å². The van der Waals surface area contributed by atoms with E-state index in [0.717, 1.165) is 5.56 Å². The lowest BCUT2D eigenvalue weighted by Crippen LogP contribution is -1.98. The highest BCUT2D eigenvalue weighted by molar-refractivity contribution is 5.85. The smallest absolute Gasteiger partial charge is 0.328 e. The molecule has 3 heteroatoms. The molecule has 1 N–H and O–H groups in total. The van der Waals surface area contributed by atoms with E-state index >= 15 is 0 Å². The van der Waals surface area contributed by atoms with Gasteiger partial charge < -0.3 is 9.67 Å². The van der Waals surface area contributed by atoms with Gasteiger partial charge in [0.1, 0.15) is 0 Å². The van der Waals surface area contributed by atoms with Crippen LogP contribution in [0.1, 0.15) is 35.8 Å². The first-order valence-electron chi connectivity index (χ1n) is 5.19. The third-order valence-corrected chi connectivity index (χ3v) is 2.84. The number of rotatable bonds is 3. The van der Waals surface area contributed by atoms with Crippen molar-refractivity contribution < 1.29 is 9.90 Å². The first-order chi connectivity index (χ1) is 7.09. The van der Waals surface area contributed by atoms with Gasteiger partial charge in [-0.15, -0.1) is 0 Å². The van der Waals surface area contributed by atoms with Crippen LogP contribution in [0, 0.1) is 13.8 Å². The van der Waals surface area contributed by atoms with Gasteiger partial charge in [0.25, 0.3) is 0 Å². The molecule has 0 atom stereocenters. The molecule has 1 aliphatic rings. The molecule has 1 aliphatic carbocycles. The number of aliphatic carboxylic acids is 1. The van der Waals surface area contributed by atoms with E-state index in [1.54, 1.807) is 6.08 Å². The Morgan fingerprint density at radius 3 is 2.73 bits per heavy atom. The Labute approximate surface area is 89.0 Å². The van der Waals surface area contributed by atoms with Crippen molar-refractivity contribution in [2.75, 3.05) is 0 Å². The molecule has 2 rings (SSSR count). The number of nitrogens with zero attached hydrogens (tertiary/aromatic N) is 1. The summed E-state index contributed by atoms with van der Waals surface area (Å²) in [5.74, 6) is -0.897. The number of carbonyl (C=O) groups is 1. The Hall–Kier alpha value is -1.51. The maximum Gasteiger partial charge on any atom is 0.328 e. The van der Waals surface area contributed by atoms with Crippen molar-refractivity contribution in [2.24, 2.45) is 0 Å². The minimum Gasteiger partial charge on any atom is -0.478 e.